The number of oxazole rings is 1. The molecular formula is C12H13ClN2O. The van der Waals surface area contributed by atoms with E-state index in [1.165, 1.54) is 5.56 Å². The number of nitrogens with zero attached hydrogens (tertiary/aromatic N) is 1. The maximum absolute atomic E-state index is 5.91. The first-order valence-electron chi connectivity index (χ1n) is 5.14. The molecule has 0 radical (unpaired) electrons. The molecule has 0 saturated carbocycles. The van der Waals surface area contributed by atoms with Gasteiger partial charge in [0.2, 0.25) is 0 Å². The fraction of sp³-hybridized carbons (Fsp3) is 0.250. The average Bonchev–Trinajstić information content (AvgIpc) is 2.74. The quantitative estimate of drug-likeness (QED) is 0.886. The van der Waals surface area contributed by atoms with E-state index < -0.39 is 0 Å². The summed E-state index contributed by atoms with van der Waals surface area (Å²) in [5.41, 5.74) is 2.16. The molecule has 0 aliphatic heterocycles. The molecule has 0 fully saturated rings. The summed E-state index contributed by atoms with van der Waals surface area (Å²) in [7, 11) is 1.78. The highest BCUT2D eigenvalue weighted by molar-refractivity contribution is 6.30. The van der Waals surface area contributed by atoms with Crippen LogP contribution in [0.2, 0.25) is 5.02 Å². The van der Waals surface area contributed by atoms with Crippen molar-refractivity contribution in [2.45, 2.75) is 12.8 Å². The smallest absolute Gasteiger partial charge is 0.294 e. The molecule has 0 spiro atoms. The van der Waals surface area contributed by atoms with Gasteiger partial charge in [0.1, 0.15) is 6.26 Å². The molecule has 0 atom stereocenters. The highest BCUT2D eigenvalue weighted by Crippen LogP contribution is 2.14. The highest BCUT2D eigenvalue weighted by Gasteiger charge is 2.02. The zero-order valence-electron chi connectivity index (χ0n) is 9.03. The molecule has 0 bridgehead atoms. The van der Waals surface area contributed by atoms with E-state index >= 15 is 0 Å². The normalized spacial score (nSPS) is 10.4. The second-order valence-electron chi connectivity index (χ2n) is 3.52. The van der Waals surface area contributed by atoms with Crippen LogP contribution in [0.4, 0.5) is 6.01 Å². The number of halogens is 1. The lowest BCUT2D eigenvalue weighted by Gasteiger charge is -1.99. The van der Waals surface area contributed by atoms with Crippen molar-refractivity contribution in [1.82, 2.24) is 4.98 Å². The minimum atomic E-state index is 0.557. The van der Waals surface area contributed by atoms with Crippen LogP contribution >= 0.6 is 11.6 Å². The molecule has 0 amide bonds. The Morgan fingerprint density at radius 2 is 2.25 bits per heavy atom. The summed E-state index contributed by atoms with van der Waals surface area (Å²) in [6.45, 7) is 0. The Morgan fingerprint density at radius 3 is 2.94 bits per heavy atom. The number of hydrogen-bond acceptors (Lipinski definition) is 3. The van der Waals surface area contributed by atoms with Gasteiger partial charge in [-0.15, -0.1) is 0 Å². The first-order valence-corrected chi connectivity index (χ1v) is 5.52. The van der Waals surface area contributed by atoms with Gasteiger partial charge in [0.25, 0.3) is 6.01 Å². The topological polar surface area (TPSA) is 38.1 Å². The van der Waals surface area contributed by atoms with E-state index in [2.05, 4.69) is 16.4 Å². The SMILES string of the molecule is CNc1nc(CCc2cccc(Cl)c2)co1. The molecule has 1 aromatic carbocycles. The molecule has 0 aliphatic carbocycles. The average molecular weight is 237 g/mol. The minimum absolute atomic E-state index is 0.557. The number of aryl methyl sites for hydroxylation is 2. The standard InChI is InChI=1S/C12H13ClN2O/c1-14-12-15-11(8-16-12)6-5-9-3-2-4-10(13)7-9/h2-4,7-8H,5-6H2,1H3,(H,14,15). The molecule has 3 nitrogen and oxygen atoms in total. The van der Waals surface area contributed by atoms with Crippen LogP contribution in [0.15, 0.2) is 34.9 Å². The predicted molar refractivity (Wildman–Crippen MR) is 64.9 cm³/mol. The fourth-order valence-corrected chi connectivity index (χ4v) is 1.71. The number of hydrogen-bond donors (Lipinski definition) is 1. The molecule has 2 aromatic rings. The fourth-order valence-electron chi connectivity index (χ4n) is 1.50. The molecule has 0 unspecified atom stereocenters. The van der Waals surface area contributed by atoms with Crippen LogP contribution in [0.1, 0.15) is 11.3 Å². The maximum Gasteiger partial charge on any atom is 0.294 e. The van der Waals surface area contributed by atoms with E-state index in [4.69, 9.17) is 16.0 Å². The third-order valence-electron chi connectivity index (χ3n) is 2.32. The Labute approximate surface area is 99.5 Å². The second-order valence-corrected chi connectivity index (χ2v) is 3.96. The van der Waals surface area contributed by atoms with Gasteiger partial charge < -0.3 is 9.73 Å². The second kappa shape index (κ2) is 5.03. The summed E-state index contributed by atoms with van der Waals surface area (Å²) in [4.78, 5) is 4.26. The van der Waals surface area contributed by atoms with Crippen LogP contribution < -0.4 is 5.32 Å². The van der Waals surface area contributed by atoms with Crippen molar-refractivity contribution in [3.05, 3.63) is 46.8 Å². The Morgan fingerprint density at radius 1 is 1.38 bits per heavy atom. The Kier molecular flexibility index (Phi) is 3.47. The Balaban J connectivity index is 1.96. The van der Waals surface area contributed by atoms with Gasteiger partial charge in [0.15, 0.2) is 0 Å². The van der Waals surface area contributed by atoms with E-state index in [0.29, 0.717) is 6.01 Å². The van der Waals surface area contributed by atoms with Gasteiger partial charge in [0.05, 0.1) is 5.69 Å². The van der Waals surface area contributed by atoms with Crippen LogP contribution in [0, 0.1) is 0 Å². The van der Waals surface area contributed by atoms with Gasteiger partial charge in [-0.3, -0.25) is 0 Å². The maximum atomic E-state index is 5.91. The largest absolute Gasteiger partial charge is 0.432 e. The van der Waals surface area contributed by atoms with Crippen LogP contribution in [-0.4, -0.2) is 12.0 Å². The molecule has 0 aliphatic rings. The third-order valence-corrected chi connectivity index (χ3v) is 2.56. The monoisotopic (exact) mass is 236 g/mol. The first kappa shape index (κ1) is 11.0. The number of nitrogens with one attached hydrogen (secondary N) is 1. The molecule has 1 N–H and O–H groups in total. The number of anilines is 1. The minimum Gasteiger partial charge on any atom is -0.432 e. The van der Waals surface area contributed by atoms with E-state index in [-0.39, 0.29) is 0 Å². The molecule has 16 heavy (non-hydrogen) atoms. The van der Waals surface area contributed by atoms with E-state index in [1.54, 1.807) is 13.3 Å². The lowest BCUT2D eigenvalue weighted by atomic mass is 10.1. The zero-order valence-corrected chi connectivity index (χ0v) is 9.79. The molecule has 0 saturated heterocycles. The van der Waals surface area contributed by atoms with Gasteiger partial charge >= 0.3 is 0 Å². The summed E-state index contributed by atoms with van der Waals surface area (Å²) >= 11 is 5.91. The highest BCUT2D eigenvalue weighted by atomic mass is 35.5. The summed E-state index contributed by atoms with van der Waals surface area (Å²) in [5.74, 6) is 0. The molecule has 4 heteroatoms. The van der Waals surface area contributed by atoms with Crippen LogP contribution in [0.3, 0.4) is 0 Å². The lowest BCUT2D eigenvalue weighted by Crippen LogP contribution is -1.93. The van der Waals surface area contributed by atoms with E-state index in [1.807, 2.05) is 18.2 Å². The third kappa shape index (κ3) is 2.76. The van der Waals surface area contributed by atoms with Crippen molar-refractivity contribution < 1.29 is 4.42 Å². The van der Waals surface area contributed by atoms with E-state index in [0.717, 1.165) is 23.6 Å². The molecule has 1 aromatic heterocycles. The number of benzene rings is 1. The van der Waals surface area contributed by atoms with Crippen molar-refractivity contribution in [3.8, 4) is 0 Å². The van der Waals surface area contributed by atoms with Gasteiger partial charge in [-0.25, -0.2) is 0 Å². The van der Waals surface area contributed by atoms with Crippen molar-refractivity contribution in [2.24, 2.45) is 0 Å². The van der Waals surface area contributed by atoms with Crippen LogP contribution in [0.5, 0.6) is 0 Å². The predicted octanol–water partition coefficient (Wildman–Crippen LogP) is 3.15. The van der Waals surface area contributed by atoms with Crippen molar-refractivity contribution in [3.63, 3.8) is 0 Å². The van der Waals surface area contributed by atoms with E-state index in [9.17, 15) is 0 Å². The lowest BCUT2D eigenvalue weighted by molar-refractivity contribution is 0.573. The van der Waals surface area contributed by atoms with Gasteiger partial charge in [-0.2, -0.15) is 4.98 Å². The van der Waals surface area contributed by atoms with Crippen LogP contribution in [0.25, 0.3) is 0 Å². The first-order chi connectivity index (χ1) is 7.78. The summed E-state index contributed by atoms with van der Waals surface area (Å²) in [6, 6.07) is 8.42. The summed E-state index contributed by atoms with van der Waals surface area (Å²) in [5, 5.41) is 3.63. The number of rotatable bonds is 4. The van der Waals surface area contributed by atoms with Crippen molar-refractivity contribution >= 4 is 17.6 Å². The van der Waals surface area contributed by atoms with Crippen molar-refractivity contribution in [2.75, 3.05) is 12.4 Å². The zero-order chi connectivity index (χ0) is 11.4. The molecule has 84 valence electrons. The molecule has 1 heterocycles. The van der Waals surface area contributed by atoms with Gasteiger partial charge in [0, 0.05) is 12.1 Å². The molecular weight excluding hydrogens is 224 g/mol. The summed E-state index contributed by atoms with van der Waals surface area (Å²) < 4.78 is 5.18. The molecule has 2 rings (SSSR count). The van der Waals surface area contributed by atoms with Crippen LogP contribution in [-0.2, 0) is 12.8 Å². The Bertz CT molecular complexity index is 468. The van der Waals surface area contributed by atoms with Crippen molar-refractivity contribution in [1.29, 1.82) is 0 Å². The number of aromatic nitrogens is 1. The Hall–Kier alpha value is -1.48. The van der Waals surface area contributed by atoms with Gasteiger partial charge in [-0.1, -0.05) is 23.7 Å². The van der Waals surface area contributed by atoms with Gasteiger partial charge in [-0.05, 0) is 30.5 Å². The summed E-state index contributed by atoms with van der Waals surface area (Å²) in [6.07, 6.45) is 3.44.